The van der Waals surface area contributed by atoms with Crippen molar-refractivity contribution in [3.05, 3.63) is 201 Å². The number of likely N-dealkylation sites (tertiary alicyclic amines) is 4. The number of aliphatic hydroxyl groups is 3. The fraction of sp³-hybridized carbons (Fsp3) is 0.510. The fourth-order valence-corrected chi connectivity index (χ4v) is 24.5. The van der Waals surface area contributed by atoms with Gasteiger partial charge in [0.2, 0.25) is 0 Å². The number of nitrogens with one attached hydrogen (secondary N) is 1. The van der Waals surface area contributed by atoms with E-state index in [0.29, 0.717) is 150 Å². The van der Waals surface area contributed by atoms with Crippen molar-refractivity contribution < 1.29 is 15.3 Å². The molecule has 0 amide bonds. The number of fused-ring (bicyclic) bond motifs is 4. The number of piperidine rings is 4. The summed E-state index contributed by atoms with van der Waals surface area (Å²) in [5.41, 5.74) is 8.72. The third-order valence-corrected chi connectivity index (χ3v) is 33.4. The van der Waals surface area contributed by atoms with Gasteiger partial charge in [0.05, 0.1) is 55.5 Å². The minimum absolute atomic E-state index is 0.244. The van der Waals surface area contributed by atoms with Crippen molar-refractivity contribution in [1.29, 1.82) is 21.0 Å². The number of halogens is 8. The SMILES string of the molecule is C[C@H](CCO)N1CCC[C@H](C2CN(c3cnc4c(C#N)nn([C@H](C)c5ccc(Cl)cc5Cl)c4n3)C2)C1.C[C@H](c1ccc(Cl)cc1Cl)n1nc(C#N)c2ncc(N3CC([C@@H]4CCCN(Cc5ncc[nH]5)C4)C3)nc21.C[C@H](c1ccc(Cl)cc1Cl)n1nc(C#N)c2ncc(N3CC([C@@H]4CCCN([C@@H](C)CCO)C4)C3)nc21.C[C@H](c1ccc(Cl)cc1Cl)n1nc(C#N)c2ncc(N3CC([C@H]4CCCN([C@@H](C)CCO)C4)C3)nc21. The van der Waals surface area contributed by atoms with Gasteiger partial charge in [-0.3, -0.25) is 4.90 Å². The molecule has 145 heavy (non-hydrogen) atoms. The van der Waals surface area contributed by atoms with Crippen LogP contribution in [0.25, 0.3) is 44.7 Å². The summed E-state index contributed by atoms with van der Waals surface area (Å²) in [5, 5.41) is 89.0. The molecule has 8 aliphatic rings. The van der Waals surface area contributed by atoms with Crippen LogP contribution in [0.4, 0.5) is 23.3 Å². The number of H-pyrrole nitrogens is 1. The molecule has 0 radical (unpaired) electrons. The second kappa shape index (κ2) is 46.5. The van der Waals surface area contributed by atoms with Crippen LogP contribution in [-0.4, -0.2) is 267 Å². The zero-order valence-electron chi connectivity index (χ0n) is 82.3. The van der Waals surface area contributed by atoms with Gasteiger partial charge in [-0.15, -0.1) is 0 Å². The van der Waals surface area contributed by atoms with E-state index in [1.807, 2.05) is 64.4 Å². The van der Waals surface area contributed by atoms with Crippen LogP contribution in [0.2, 0.25) is 40.2 Å². The smallest absolute Gasteiger partial charge is 0.190 e. The maximum Gasteiger partial charge on any atom is 0.190 e. The van der Waals surface area contributed by atoms with E-state index in [-0.39, 0.29) is 66.8 Å². The molecule has 0 aliphatic carbocycles. The second-order valence-corrected chi connectivity index (χ2v) is 43.6. The lowest BCUT2D eigenvalue weighted by Crippen LogP contribution is -2.54. The molecular weight excluding hydrogens is 2000 g/mol. The Hall–Kier alpha value is -10.5. The maximum atomic E-state index is 9.65. The highest BCUT2D eigenvalue weighted by molar-refractivity contribution is 6.37. The van der Waals surface area contributed by atoms with Crippen molar-refractivity contribution in [3.63, 3.8) is 0 Å². The summed E-state index contributed by atoms with van der Waals surface area (Å²) < 4.78 is 6.94. The third kappa shape index (κ3) is 22.9. The molecule has 0 unspecified atom stereocenters. The molecular formula is C104H120Cl8N30O3. The molecule has 0 saturated carbocycles. The predicted octanol–water partition coefficient (Wildman–Crippen LogP) is 18.3. The minimum Gasteiger partial charge on any atom is -0.396 e. The van der Waals surface area contributed by atoms with Gasteiger partial charge < -0.3 is 54.6 Å². The molecule has 760 valence electrons. The number of nitrogens with zero attached hydrogens (tertiary/aromatic N) is 29. The normalized spacial score (nSPS) is 20.5. The zero-order chi connectivity index (χ0) is 102. The first-order chi connectivity index (χ1) is 70.2. The van der Waals surface area contributed by atoms with Gasteiger partial charge in [0.25, 0.3) is 0 Å². The summed E-state index contributed by atoms with van der Waals surface area (Å²) in [6.45, 7) is 32.7. The van der Waals surface area contributed by atoms with Crippen LogP contribution in [0, 0.1) is 92.7 Å². The van der Waals surface area contributed by atoms with Gasteiger partial charge >= 0.3 is 0 Å². The molecule has 41 heteroatoms. The molecule has 11 atom stereocenters. The maximum absolute atomic E-state index is 9.65. The Morgan fingerprint density at radius 1 is 0.345 bits per heavy atom. The van der Waals surface area contributed by atoms with E-state index >= 15 is 0 Å². The summed E-state index contributed by atoms with van der Waals surface area (Å²) in [7, 11) is 0. The molecule has 8 saturated heterocycles. The lowest BCUT2D eigenvalue weighted by atomic mass is 9.80. The highest BCUT2D eigenvalue weighted by Crippen LogP contribution is 2.44. The monoisotopic (exact) mass is 2120 g/mol. The number of aromatic nitrogens is 18. The van der Waals surface area contributed by atoms with Gasteiger partial charge in [-0.2, -0.15) is 41.4 Å². The van der Waals surface area contributed by atoms with Gasteiger partial charge in [-0.1, -0.05) is 117 Å². The van der Waals surface area contributed by atoms with Crippen LogP contribution in [-0.2, 0) is 6.54 Å². The molecule has 17 heterocycles. The van der Waals surface area contributed by atoms with E-state index in [1.165, 1.54) is 51.4 Å². The molecule has 4 N–H and O–H groups in total. The zero-order valence-corrected chi connectivity index (χ0v) is 88.4. The summed E-state index contributed by atoms with van der Waals surface area (Å²) in [6, 6.07) is 30.4. The summed E-state index contributed by atoms with van der Waals surface area (Å²) >= 11 is 50.2. The Morgan fingerprint density at radius 2 is 0.607 bits per heavy atom. The van der Waals surface area contributed by atoms with Crippen molar-refractivity contribution >= 4 is 161 Å². The Bertz CT molecular complexity index is 6460. The molecule has 0 spiro atoms. The van der Waals surface area contributed by atoms with Crippen LogP contribution in [0.1, 0.15) is 194 Å². The lowest BCUT2D eigenvalue weighted by Gasteiger charge is -2.48. The first-order valence-corrected chi connectivity index (χ1v) is 53.4. The van der Waals surface area contributed by atoms with Crippen molar-refractivity contribution in [2.75, 3.05) is 144 Å². The van der Waals surface area contributed by atoms with Crippen molar-refractivity contribution in [2.45, 2.75) is 168 Å². The average Bonchev–Trinajstić information content (AvgIpc) is 1.46. The molecule has 13 aromatic rings. The molecule has 21 rings (SSSR count). The van der Waals surface area contributed by atoms with Gasteiger partial charge in [0.15, 0.2) is 45.4 Å². The molecule has 4 aromatic carbocycles. The van der Waals surface area contributed by atoms with Crippen LogP contribution in [0.15, 0.2) is 110 Å². The Balaban J connectivity index is 0.000000127. The van der Waals surface area contributed by atoms with Gasteiger partial charge in [-0.05, 0) is 263 Å². The molecule has 33 nitrogen and oxygen atoms in total. The van der Waals surface area contributed by atoms with E-state index in [1.54, 1.807) is 92.0 Å². The van der Waals surface area contributed by atoms with Crippen molar-refractivity contribution in [3.8, 4) is 24.3 Å². The molecule has 0 bridgehead atoms. The Morgan fingerprint density at radius 3 is 0.848 bits per heavy atom. The number of nitriles is 4. The number of aliphatic hydroxyl groups excluding tert-OH is 3. The quantitative estimate of drug-likeness (QED) is 0.0371. The highest BCUT2D eigenvalue weighted by Gasteiger charge is 2.44. The first-order valence-electron chi connectivity index (χ1n) is 50.3. The largest absolute Gasteiger partial charge is 0.396 e. The van der Waals surface area contributed by atoms with E-state index in [2.05, 4.69) is 135 Å². The molecule has 9 aromatic heterocycles. The Labute approximate surface area is 883 Å². The molecule has 8 aliphatic heterocycles. The first kappa shape index (κ1) is 104. The fourth-order valence-electron chi connectivity index (χ4n) is 22.3. The number of aromatic amines is 1. The number of benzene rings is 4. The van der Waals surface area contributed by atoms with Gasteiger partial charge in [0, 0.05) is 169 Å². The van der Waals surface area contributed by atoms with E-state index in [4.69, 9.17) is 113 Å². The van der Waals surface area contributed by atoms with Crippen LogP contribution < -0.4 is 19.6 Å². The second-order valence-electron chi connectivity index (χ2n) is 40.2. The van der Waals surface area contributed by atoms with Gasteiger partial charge in [0.1, 0.15) is 75.4 Å². The predicted molar refractivity (Wildman–Crippen MR) is 567 cm³/mol. The highest BCUT2D eigenvalue weighted by atomic mass is 35.5. The number of hydrogen-bond acceptors (Lipinski definition) is 28. The number of imidazole rings is 1. The van der Waals surface area contributed by atoms with Crippen molar-refractivity contribution in [2.24, 2.45) is 47.3 Å². The third-order valence-electron chi connectivity index (χ3n) is 31.2. The summed E-state index contributed by atoms with van der Waals surface area (Å²) in [6.07, 6.45) is 23.1. The van der Waals surface area contributed by atoms with Crippen molar-refractivity contribution in [1.82, 2.24) is 109 Å². The average molecular weight is 2120 g/mol. The molecule has 8 fully saturated rings. The van der Waals surface area contributed by atoms with Crippen LogP contribution in [0.3, 0.4) is 0 Å². The minimum atomic E-state index is -0.248. The number of anilines is 4. The Kier molecular flexibility index (Phi) is 33.5. The topological polar surface area (TPSA) is 385 Å². The van der Waals surface area contributed by atoms with Crippen LogP contribution >= 0.6 is 92.8 Å². The standard InChI is InChI=1S/C26H27Cl2N9.3C26H31Cl2N7O/c1-16(20-5-4-19(27)9-21(20)28)37-26-25(22(10-29)34-37)32-11-24(33-26)36-13-18(14-36)17-3-2-8-35(12-17)15-23-30-6-7-31-23;3*1-16(7-9-36)33-8-3-4-18(13-33)19-14-34(15-19)24-12-30-25-23(11-29)32-35(26(25)31-24)17(2)21-6-5-20(27)10-22(21)28/h4-7,9,11,16-18H,2-3,8,12-15H2,1H3,(H,30,31);3*5-6,10,12,16-19,36H,3-4,7-9,13-15H2,1-2H3/t16-,17-;16-,17+,18+;16-,17+,18-;16-,17-,18+/m1001/s1. The number of rotatable bonds is 27. The lowest BCUT2D eigenvalue weighted by molar-refractivity contribution is 0.0790. The van der Waals surface area contributed by atoms with Gasteiger partial charge in [-0.25, -0.2) is 63.6 Å². The van der Waals surface area contributed by atoms with E-state index in [9.17, 15) is 36.4 Å². The van der Waals surface area contributed by atoms with Crippen LogP contribution in [0.5, 0.6) is 0 Å². The summed E-state index contributed by atoms with van der Waals surface area (Å²) in [5.74, 6) is 9.41. The number of hydrogen-bond donors (Lipinski definition) is 4. The summed E-state index contributed by atoms with van der Waals surface area (Å²) in [4.78, 5) is 64.8. The van der Waals surface area contributed by atoms with E-state index in [0.717, 1.165) is 182 Å². The van der Waals surface area contributed by atoms with E-state index < -0.39 is 0 Å².